The lowest BCUT2D eigenvalue weighted by atomic mass is 10.1. The van der Waals surface area contributed by atoms with Gasteiger partial charge in [0.2, 0.25) is 6.10 Å². The number of carbonyl (C=O) groups excluding carboxylic acids is 3. The zero-order valence-corrected chi connectivity index (χ0v) is 14.5. The van der Waals surface area contributed by atoms with Gasteiger partial charge in [-0.2, -0.15) is 0 Å². The molecule has 2 aromatic rings. The average Bonchev–Trinajstić information content (AvgIpc) is 2.66. The lowest BCUT2D eigenvalue weighted by Crippen LogP contribution is -2.42. The van der Waals surface area contributed by atoms with Crippen molar-refractivity contribution in [2.75, 3.05) is 13.7 Å². The van der Waals surface area contributed by atoms with Gasteiger partial charge in [-0.15, -0.1) is 0 Å². The van der Waals surface area contributed by atoms with Gasteiger partial charge in [-0.05, 0) is 31.2 Å². The lowest BCUT2D eigenvalue weighted by molar-refractivity contribution is -0.129. The smallest absolute Gasteiger partial charge is 0.339 e. The highest BCUT2D eigenvalue weighted by atomic mass is 16.5. The highest BCUT2D eigenvalue weighted by molar-refractivity contribution is 5.99. The predicted octanol–water partition coefficient (Wildman–Crippen LogP) is 2.44. The SMILES string of the molecule is CCNC(=O)NC(=O)[C@H](OC(=O)c1ccc(OC)cc1)c1ccccc1. The molecule has 0 aliphatic rings. The number of benzene rings is 2. The third-order valence-corrected chi connectivity index (χ3v) is 3.47. The molecule has 0 saturated heterocycles. The summed E-state index contributed by atoms with van der Waals surface area (Å²) in [5.41, 5.74) is 0.716. The molecular weight excluding hydrogens is 336 g/mol. The molecule has 0 aromatic heterocycles. The fourth-order valence-corrected chi connectivity index (χ4v) is 2.19. The first-order valence-electron chi connectivity index (χ1n) is 8.03. The Kier molecular flexibility index (Phi) is 6.73. The highest BCUT2D eigenvalue weighted by Crippen LogP contribution is 2.20. The molecule has 2 aromatic carbocycles. The third kappa shape index (κ3) is 5.07. The van der Waals surface area contributed by atoms with Gasteiger partial charge < -0.3 is 14.8 Å². The largest absolute Gasteiger partial charge is 0.497 e. The molecule has 0 bridgehead atoms. The van der Waals surface area contributed by atoms with Crippen LogP contribution in [0.5, 0.6) is 5.75 Å². The van der Waals surface area contributed by atoms with Gasteiger partial charge in [-0.3, -0.25) is 10.1 Å². The molecule has 0 aliphatic carbocycles. The van der Waals surface area contributed by atoms with Gasteiger partial charge in [0.1, 0.15) is 5.75 Å². The molecular formula is C19H20N2O5. The molecule has 0 spiro atoms. The number of nitrogens with one attached hydrogen (secondary N) is 2. The second-order valence-corrected chi connectivity index (χ2v) is 5.27. The molecule has 0 heterocycles. The van der Waals surface area contributed by atoms with Crippen LogP contribution in [0.3, 0.4) is 0 Å². The molecule has 136 valence electrons. The van der Waals surface area contributed by atoms with E-state index >= 15 is 0 Å². The number of imide groups is 1. The van der Waals surface area contributed by atoms with Crippen LogP contribution < -0.4 is 15.4 Å². The summed E-state index contributed by atoms with van der Waals surface area (Å²) in [6.07, 6.45) is -1.26. The van der Waals surface area contributed by atoms with Gasteiger partial charge in [0, 0.05) is 12.1 Å². The van der Waals surface area contributed by atoms with E-state index in [0.717, 1.165) is 0 Å². The average molecular weight is 356 g/mol. The first-order chi connectivity index (χ1) is 12.5. The van der Waals surface area contributed by atoms with Crippen molar-refractivity contribution in [1.29, 1.82) is 0 Å². The summed E-state index contributed by atoms with van der Waals surface area (Å²) in [5, 5.41) is 4.62. The molecule has 26 heavy (non-hydrogen) atoms. The van der Waals surface area contributed by atoms with Crippen molar-refractivity contribution in [2.45, 2.75) is 13.0 Å². The third-order valence-electron chi connectivity index (χ3n) is 3.47. The van der Waals surface area contributed by atoms with E-state index in [1.54, 1.807) is 49.4 Å². The van der Waals surface area contributed by atoms with E-state index in [0.29, 0.717) is 17.9 Å². The maximum absolute atomic E-state index is 12.4. The van der Waals surface area contributed by atoms with Gasteiger partial charge in [0.05, 0.1) is 12.7 Å². The number of amides is 3. The van der Waals surface area contributed by atoms with Crippen molar-refractivity contribution in [2.24, 2.45) is 0 Å². The fraction of sp³-hybridized carbons (Fsp3) is 0.211. The first-order valence-corrected chi connectivity index (χ1v) is 8.03. The molecule has 7 nitrogen and oxygen atoms in total. The van der Waals surface area contributed by atoms with E-state index in [2.05, 4.69) is 10.6 Å². The topological polar surface area (TPSA) is 93.7 Å². The van der Waals surface area contributed by atoms with Crippen LogP contribution in [0.2, 0.25) is 0 Å². The van der Waals surface area contributed by atoms with Gasteiger partial charge in [0.15, 0.2) is 0 Å². The van der Waals surface area contributed by atoms with Crippen molar-refractivity contribution in [1.82, 2.24) is 10.6 Å². The Balaban J connectivity index is 2.19. The van der Waals surface area contributed by atoms with Crippen LogP contribution in [0.15, 0.2) is 54.6 Å². The van der Waals surface area contributed by atoms with Crippen LogP contribution in [-0.4, -0.2) is 31.6 Å². The Morgan fingerprint density at radius 2 is 1.65 bits per heavy atom. The van der Waals surface area contributed by atoms with Crippen molar-refractivity contribution in [3.63, 3.8) is 0 Å². The minimum absolute atomic E-state index is 0.262. The van der Waals surface area contributed by atoms with Crippen molar-refractivity contribution in [3.05, 3.63) is 65.7 Å². The summed E-state index contributed by atoms with van der Waals surface area (Å²) in [6.45, 7) is 2.09. The molecule has 0 unspecified atom stereocenters. The summed E-state index contributed by atoms with van der Waals surface area (Å²) in [7, 11) is 1.52. The molecule has 1 atom stereocenters. The monoisotopic (exact) mass is 356 g/mol. The van der Waals surface area contributed by atoms with Gasteiger partial charge in [0.25, 0.3) is 5.91 Å². The number of hydrogen-bond donors (Lipinski definition) is 2. The maximum atomic E-state index is 12.4. The fourth-order valence-electron chi connectivity index (χ4n) is 2.19. The second kappa shape index (κ2) is 9.22. The summed E-state index contributed by atoms with van der Waals surface area (Å²) in [5.74, 6) is -0.827. The first kappa shape index (κ1) is 19.0. The zero-order chi connectivity index (χ0) is 18.9. The van der Waals surface area contributed by atoms with Crippen molar-refractivity contribution in [3.8, 4) is 5.75 Å². The molecule has 0 saturated carbocycles. The van der Waals surface area contributed by atoms with Gasteiger partial charge >= 0.3 is 12.0 Å². The number of carbonyl (C=O) groups is 3. The predicted molar refractivity (Wildman–Crippen MR) is 94.8 cm³/mol. The number of urea groups is 1. The summed E-state index contributed by atoms with van der Waals surface area (Å²) in [4.78, 5) is 36.4. The van der Waals surface area contributed by atoms with Crippen LogP contribution in [0.4, 0.5) is 4.79 Å². The van der Waals surface area contributed by atoms with E-state index < -0.39 is 24.0 Å². The molecule has 2 rings (SSSR count). The summed E-state index contributed by atoms with van der Waals surface area (Å²) >= 11 is 0. The van der Waals surface area contributed by atoms with E-state index in [1.807, 2.05) is 0 Å². The molecule has 0 aliphatic heterocycles. The minimum Gasteiger partial charge on any atom is -0.497 e. The Morgan fingerprint density at radius 1 is 1.00 bits per heavy atom. The standard InChI is InChI=1S/C19H20N2O5/c1-3-20-19(24)21-17(22)16(13-7-5-4-6-8-13)26-18(23)14-9-11-15(25-2)12-10-14/h4-12,16H,3H2,1-2H3,(H2,20,21,22,24)/t16-/m1/s1. The Hall–Kier alpha value is -3.35. The van der Waals surface area contributed by atoms with Crippen LogP contribution in [0.1, 0.15) is 28.9 Å². The van der Waals surface area contributed by atoms with Crippen molar-refractivity contribution < 1.29 is 23.9 Å². The lowest BCUT2D eigenvalue weighted by Gasteiger charge is -2.17. The van der Waals surface area contributed by atoms with Gasteiger partial charge in [-0.1, -0.05) is 30.3 Å². The molecule has 7 heteroatoms. The second-order valence-electron chi connectivity index (χ2n) is 5.27. The minimum atomic E-state index is -1.26. The molecule has 0 radical (unpaired) electrons. The normalized spacial score (nSPS) is 11.2. The number of ether oxygens (including phenoxy) is 2. The maximum Gasteiger partial charge on any atom is 0.339 e. The van der Waals surface area contributed by atoms with Crippen LogP contribution >= 0.6 is 0 Å². The van der Waals surface area contributed by atoms with Crippen LogP contribution in [-0.2, 0) is 9.53 Å². The van der Waals surface area contributed by atoms with E-state index in [4.69, 9.17) is 9.47 Å². The molecule has 3 amide bonds. The highest BCUT2D eigenvalue weighted by Gasteiger charge is 2.27. The number of methoxy groups -OCH3 is 1. The molecule has 2 N–H and O–H groups in total. The number of rotatable bonds is 6. The van der Waals surface area contributed by atoms with Crippen LogP contribution in [0, 0.1) is 0 Å². The Morgan fingerprint density at radius 3 is 2.23 bits per heavy atom. The molecule has 0 fully saturated rings. The number of esters is 1. The van der Waals surface area contributed by atoms with Gasteiger partial charge in [-0.25, -0.2) is 9.59 Å². The Labute approximate surface area is 151 Å². The Bertz CT molecular complexity index is 759. The van der Waals surface area contributed by atoms with E-state index in [9.17, 15) is 14.4 Å². The number of hydrogen-bond acceptors (Lipinski definition) is 5. The summed E-state index contributed by atoms with van der Waals surface area (Å²) < 4.78 is 10.4. The summed E-state index contributed by atoms with van der Waals surface area (Å²) in [6, 6.07) is 14.1. The quantitative estimate of drug-likeness (QED) is 0.776. The van der Waals surface area contributed by atoms with Crippen LogP contribution in [0.25, 0.3) is 0 Å². The zero-order valence-electron chi connectivity index (χ0n) is 14.5. The van der Waals surface area contributed by atoms with Crippen molar-refractivity contribution >= 4 is 17.9 Å². The van der Waals surface area contributed by atoms with E-state index in [1.165, 1.54) is 19.2 Å². The van der Waals surface area contributed by atoms with E-state index in [-0.39, 0.29) is 5.56 Å².